The average molecular weight is 348 g/mol. The van der Waals surface area contributed by atoms with Gasteiger partial charge in [-0.25, -0.2) is 9.67 Å². The van der Waals surface area contributed by atoms with Crippen molar-refractivity contribution in [2.75, 3.05) is 20.1 Å². The summed E-state index contributed by atoms with van der Waals surface area (Å²) in [5, 5.41) is 12.6. The highest BCUT2D eigenvalue weighted by molar-refractivity contribution is 7.11. The van der Waals surface area contributed by atoms with Gasteiger partial charge < -0.3 is 10.2 Å². The minimum Gasteiger partial charge on any atom is -0.333 e. The minimum atomic E-state index is -0.104. The Morgan fingerprint density at radius 3 is 2.75 bits per heavy atom. The number of amides is 1. The Balaban J connectivity index is 1.73. The van der Waals surface area contributed by atoms with Crippen LogP contribution in [0.5, 0.6) is 0 Å². The third-order valence-corrected chi connectivity index (χ3v) is 5.88. The van der Waals surface area contributed by atoms with Crippen LogP contribution in [0.25, 0.3) is 0 Å². The number of hydrogen-bond acceptors (Lipinski definition) is 6. The van der Waals surface area contributed by atoms with Gasteiger partial charge in [-0.1, -0.05) is 5.21 Å². The number of hydrogen-bond donors (Lipinski definition) is 1. The molecule has 130 valence electrons. The lowest BCUT2D eigenvalue weighted by Gasteiger charge is -2.23. The summed E-state index contributed by atoms with van der Waals surface area (Å²) in [6.07, 6.45) is 3.82. The SMILES string of the molecule is Cc1nc(C)c(C(C)N(C)C(=O)c2cn(C3CCNCC3)nn2)s1. The van der Waals surface area contributed by atoms with E-state index in [0.717, 1.165) is 41.5 Å². The highest BCUT2D eigenvalue weighted by Gasteiger charge is 2.25. The molecule has 24 heavy (non-hydrogen) atoms. The van der Waals surface area contributed by atoms with E-state index in [4.69, 9.17) is 0 Å². The first kappa shape index (κ1) is 17.0. The molecule has 0 bridgehead atoms. The molecule has 1 unspecified atom stereocenters. The molecule has 1 fully saturated rings. The fourth-order valence-electron chi connectivity index (χ4n) is 3.09. The van der Waals surface area contributed by atoms with Gasteiger partial charge in [-0.2, -0.15) is 0 Å². The normalized spacial score (nSPS) is 17.0. The molecule has 8 heteroatoms. The van der Waals surface area contributed by atoms with Crippen molar-refractivity contribution in [3.8, 4) is 0 Å². The predicted octanol–water partition coefficient (Wildman–Crippen LogP) is 2.11. The highest BCUT2D eigenvalue weighted by Crippen LogP contribution is 2.29. The molecule has 0 aliphatic carbocycles. The van der Waals surface area contributed by atoms with E-state index in [2.05, 4.69) is 20.6 Å². The standard InChI is InChI=1S/C16H24N6OS/c1-10-15(24-12(3)18-10)11(2)21(4)16(23)14-9-22(20-19-14)13-5-7-17-8-6-13/h9,11,13,17H,5-8H2,1-4H3. The zero-order chi connectivity index (χ0) is 17.3. The Kier molecular flexibility index (Phi) is 4.96. The summed E-state index contributed by atoms with van der Waals surface area (Å²) >= 11 is 1.64. The first-order valence-corrected chi connectivity index (χ1v) is 9.12. The van der Waals surface area contributed by atoms with Gasteiger partial charge in [0, 0.05) is 11.9 Å². The first-order valence-electron chi connectivity index (χ1n) is 8.31. The molecule has 1 atom stereocenters. The van der Waals surface area contributed by atoms with Gasteiger partial charge in [-0.15, -0.1) is 16.4 Å². The van der Waals surface area contributed by atoms with Crippen molar-refractivity contribution in [2.45, 2.75) is 45.7 Å². The monoisotopic (exact) mass is 348 g/mol. The number of carbonyl (C=O) groups is 1. The highest BCUT2D eigenvalue weighted by atomic mass is 32.1. The Bertz CT molecular complexity index is 718. The predicted molar refractivity (Wildman–Crippen MR) is 93.3 cm³/mol. The van der Waals surface area contributed by atoms with E-state index in [-0.39, 0.29) is 11.9 Å². The molecule has 1 amide bonds. The summed E-state index contributed by atoms with van der Waals surface area (Å²) in [4.78, 5) is 20.0. The maximum Gasteiger partial charge on any atom is 0.276 e. The molecule has 0 radical (unpaired) electrons. The Morgan fingerprint density at radius 2 is 2.12 bits per heavy atom. The van der Waals surface area contributed by atoms with Crippen molar-refractivity contribution in [2.24, 2.45) is 0 Å². The lowest BCUT2D eigenvalue weighted by Crippen LogP contribution is -2.30. The summed E-state index contributed by atoms with van der Waals surface area (Å²) in [5.41, 5.74) is 1.39. The minimum absolute atomic E-state index is 0.0345. The van der Waals surface area contributed by atoms with Crippen LogP contribution in [0.4, 0.5) is 0 Å². The summed E-state index contributed by atoms with van der Waals surface area (Å²) in [6, 6.07) is 0.294. The molecule has 0 aromatic carbocycles. The second kappa shape index (κ2) is 6.98. The van der Waals surface area contributed by atoms with Gasteiger partial charge in [0.25, 0.3) is 5.91 Å². The van der Waals surface area contributed by atoms with Crippen LogP contribution in [0.15, 0.2) is 6.20 Å². The largest absolute Gasteiger partial charge is 0.333 e. The molecule has 1 N–H and O–H groups in total. The van der Waals surface area contributed by atoms with Crippen LogP contribution in [0.2, 0.25) is 0 Å². The molecule has 1 aliphatic rings. The van der Waals surface area contributed by atoms with E-state index in [1.165, 1.54) is 0 Å². The van der Waals surface area contributed by atoms with Crippen molar-refractivity contribution in [3.63, 3.8) is 0 Å². The third kappa shape index (κ3) is 3.34. The third-order valence-electron chi connectivity index (χ3n) is 4.63. The van der Waals surface area contributed by atoms with Gasteiger partial charge in [0.2, 0.25) is 0 Å². The lowest BCUT2D eigenvalue weighted by molar-refractivity contribution is 0.0738. The number of aromatic nitrogens is 4. The Hall–Kier alpha value is -1.80. The Morgan fingerprint density at radius 1 is 1.42 bits per heavy atom. The molecule has 7 nitrogen and oxygen atoms in total. The number of nitrogens with one attached hydrogen (secondary N) is 1. The molecule has 0 spiro atoms. The van der Waals surface area contributed by atoms with Crippen molar-refractivity contribution >= 4 is 17.2 Å². The number of rotatable bonds is 4. The molecule has 1 aliphatic heterocycles. The van der Waals surface area contributed by atoms with Crippen LogP contribution in [0.1, 0.15) is 57.9 Å². The number of thiazole rings is 1. The van der Waals surface area contributed by atoms with Gasteiger partial charge in [0.05, 0.1) is 29.0 Å². The van der Waals surface area contributed by atoms with Crippen molar-refractivity contribution in [1.82, 2.24) is 30.2 Å². The summed E-state index contributed by atoms with van der Waals surface area (Å²) in [5.74, 6) is -0.104. The lowest BCUT2D eigenvalue weighted by atomic mass is 10.1. The maximum absolute atomic E-state index is 12.8. The molecular weight excluding hydrogens is 324 g/mol. The van der Waals surface area contributed by atoms with Gasteiger partial charge in [0.15, 0.2) is 5.69 Å². The van der Waals surface area contributed by atoms with Crippen LogP contribution in [0.3, 0.4) is 0 Å². The van der Waals surface area contributed by atoms with E-state index in [9.17, 15) is 4.79 Å². The summed E-state index contributed by atoms with van der Waals surface area (Å²) in [7, 11) is 1.81. The summed E-state index contributed by atoms with van der Waals surface area (Å²) < 4.78 is 1.84. The fourth-order valence-corrected chi connectivity index (χ4v) is 4.11. The van der Waals surface area contributed by atoms with Crippen molar-refractivity contribution in [3.05, 3.63) is 27.5 Å². The Labute approximate surface area is 146 Å². The molecular formula is C16H24N6OS. The number of nitrogens with zero attached hydrogens (tertiary/aromatic N) is 5. The second-order valence-electron chi connectivity index (χ2n) is 6.34. The maximum atomic E-state index is 12.8. The van der Waals surface area contributed by atoms with Crippen molar-refractivity contribution < 1.29 is 4.79 Å². The topological polar surface area (TPSA) is 75.9 Å². The average Bonchev–Trinajstić information content (AvgIpc) is 3.20. The van der Waals surface area contributed by atoms with Crippen LogP contribution < -0.4 is 5.32 Å². The van der Waals surface area contributed by atoms with Gasteiger partial charge in [0.1, 0.15) is 0 Å². The molecule has 3 heterocycles. The van der Waals surface area contributed by atoms with Gasteiger partial charge in [-0.3, -0.25) is 4.79 Å². The fraction of sp³-hybridized carbons (Fsp3) is 0.625. The summed E-state index contributed by atoms with van der Waals surface area (Å²) in [6.45, 7) is 7.96. The van der Waals surface area contributed by atoms with Crippen LogP contribution >= 0.6 is 11.3 Å². The quantitative estimate of drug-likeness (QED) is 0.916. The molecule has 1 saturated heterocycles. The van der Waals surface area contributed by atoms with Crippen molar-refractivity contribution in [1.29, 1.82) is 0 Å². The van der Waals surface area contributed by atoms with Crippen LogP contribution in [-0.4, -0.2) is 50.9 Å². The van der Waals surface area contributed by atoms with E-state index < -0.39 is 0 Å². The van der Waals surface area contributed by atoms with E-state index >= 15 is 0 Å². The molecule has 2 aromatic heterocycles. The second-order valence-corrected chi connectivity index (χ2v) is 7.57. The van der Waals surface area contributed by atoms with E-state index in [0.29, 0.717) is 11.7 Å². The molecule has 0 saturated carbocycles. The molecule has 2 aromatic rings. The van der Waals surface area contributed by atoms with E-state index in [1.54, 1.807) is 22.4 Å². The zero-order valence-electron chi connectivity index (χ0n) is 14.6. The van der Waals surface area contributed by atoms with Crippen LogP contribution in [-0.2, 0) is 0 Å². The number of carbonyl (C=O) groups excluding carboxylic acids is 1. The van der Waals surface area contributed by atoms with Gasteiger partial charge in [-0.05, 0) is 46.7 Å². The smallest absolute Gasteiger partial charge is 0.276 e. The van der Waals surface area contributed by atoms with Gasteiger partial charge >= 0.3 is 0 Å². The van der Waals surface area contributed by atoms with Crippen LogP contribution in [0, 0.1) is 13.8 Å². The molecule has 3 rings (SSSR count). The zero-order valence-corrected chi connectivity index (χ0v) is 15.4. The van der Waals surface area contributed by atoms with E-state index in [1.807, 2.05) is 32.5 Å². The number of aryl methyl sites for hydroxylation is 2. The first-order chi connectivity index (χ1) is 11.5. The number of piperidine rings is 1.